The average Bonchev–Trinajstić information content (AvgIpc) is 3.01. The van der Waals surface area contributed by atoms with E-state index in [0.717, 1.165) is 12.8 Å². The molecule has 0 radical (unpaired) electrons. The smallest absolute Gasteiger partial charge is 0.237 e. The normalized spacial score (nSPS) is 17.9. The average molecular weight is 368 g/mol. The third-order valence-corrected chi connectivity index (χ3v) is 4.42. The second-order valence-electron chi connectivity index (χ2n) is 7.06. The van der Waals surface area contributed by atoms with Gasteiger partial charge in [-0.2, -0.15) is 0 Å². The zero-order chi connectivity index (χ0) is 17.5. The minimum absolute atomic E-state index is 0. The summed E-state index contributed by atoms with van der Waals surface area (Å²) in [6, 6.07) is 9.59. The number of nitrogens with one attached hydrogen (secondary N) is 1. The molecule has 140 valence electrons. The summed E-state index contributed by atoms with van der Waals surface area (Å²) in [6.45, 7) is 5.40. The molecule has 2 amide bonds. The minimum Gasteiger partial charge on any atom is -0.350 e. The fourth-order valence-corrected chi connectivity index (χ4v) is 3.08. The van der Waals surface area contributed by atoms with Crippen LogP contribution in [0.1, 0.15) is 38.7 Å². The van der Waals surface area contributed by atoms with Crippen molar-refractivity contribution >= 4 is 24.2 Å². The van der Waals surface area contributed by atoms with Crippen LogP contribution in [0.15, 0.2) is 30.3 Å². The number of hydrogen-bond donors (Lipinski definition) is 2. The molecule has 1 fully saturated rings. The molecule has 1 heterocycles. The first-order valence-electron chi connectivity index (χ1n) is 8.83. The van der Waals surface area contributed by atoms with Crippen molar-refractivity contribution in [3.8, 4) is 0 Å². The summed E-state index contributed by atoms with van der Waals surface area (Å²) < 4.78 is 0. The van der Waals surface area contributed by atoms with Crippen molar-refractivity contribution in [2.45, 2.75) is 51.6 Å². The fraction of sp³-hybridized carbons (Fsp3) is 0.579. The van der Waals surface area contributed by atoms with Crippen LogP contribution in [-0.4, -0.2) is 41.9 Å². The Morgan fingerprint density at radius 1 is 1.28 bits per heavy atom. The molecule has 1 saturated heterocycles. The van der Waals surface area contributed by atoms with E-state index in [4.69, 9.17) is 5.73 Å². The Bertz CT molecular complexity index is 551. The topological polar surface area (TPSA) is 75.4 Å². The van der Waals surface area contributed by atoms with Gasteiger partial charge in [-0.3, -0.25) is 9.59 Å². The highest BCUT2D eigenvalue weighted by Gasteiger charge is 2.28. The summed E-state index contributed by atoms with van der Waals surface area (Å²) in [6.07, 6.45) is 2.75. The number of likely N-dealkylation sites (tertiary alicyclic amines) is 1. The van der Waals surface area contributed by atoms with Crippen LogP contribution in [0.25, 0.3) is 0 Å². The van der Waals surface area contributed by atoms with Gasteiger partial charge < -0.3 is 16.0 Å². The van der Waals surface area contributed by atoms with Crippen LogP contribution < -0.4 is 11.1 Å². The maximum atomic E-state index is 12.3. The summed E-state index contributed by atoms with van der Waals surface area (Å²) in [4.78, 5) is 26.2. The summed E-state index contributed by atoms with van der Waals surface area (Å²) in [7, 11) is 0. The van der Waals surface area contributed by atoms with E-state index >= 15 is 0 Å². The lowest BCUT2D eigenvalue weighted by atomic mass is 10.0. The minimum atomic E-state index is -0.465. The summed E-state index contributed by atoms with van der Waals surface area (Å²) in [5.41, 5.74) is 7.09. The zero-order valence-electron chi connectivity index (χ0n) is 15.1. The first-order chi connectivity index (χ1) is 11.5. The Morgan fingerprint density at radius 2 is 1.96 bits per heavy atom. The number of carbonyl (C=O) groups excluding carboxylic acids is 2. The predicted octanol–water partition coefficient (Wildman–Crippen LogP) is 2.13. The number of benzene rings is 1. The lowest BCUT2D eigenvalue weighted by Crippen LogP contribution is -2.47. The Morgan fingerprint density at radius 3 is 2.60 bits per heavy atom. The van der Waals surface area contributed by atoms with Gasteiger partial charge in [0.05, 0.1) is 6.04 Å². The predicted molar refractivity (Wildman–Crippen MR) is 103 cm³/mol. The number of amides is 2. The van der Waals surface area contributed by atoms with Crippen LogP contribution in [0.5, 0.6) is 0 Å². The molecular formula is C19H30ClN3O2. The molecule has 1 aliphatic heterocycles. The maximum absolute atomic E-state index is 12.3. The van der Waals surface area contributed by atoms with Crippen molar-refractivity contribution in [2.24, 2.45) is 11.7 Å². The first-order valence-corrected chi connectivity index (χ1v) is 8.83. The van der Waals surface area contributed by atoms with Crippen molar-refractivity contribution in [1.82, 2.24) is 10.2 Å². The third-order valence-electron chi connectivity index (χ3n) is 4.42. The number of halogens is 1. The van der Waals surface area contributed by atoms with E-state index < -0.39 is 6.04 Å². The lowest BCUT2D eigenvalue weighted by Gasteiger charge is -2.19. The molecule has 6 heteroatoms. The molecular weight excluding hydrogens is 338 g/mol. The number of nitrogens with zero attached hydrogens (tertiary/aromatic N) is 1. The second-order valence-corrected chi connectivity index (χ2v) is 7.06. The number of hydrogen-bond acceptors (Lipinski definition) is 3. The molecule has 3 N–H and O–H groups in total. The largest absolute Gasteiger partial charge is 0.350 e. The van der Waals surface area contributed by atoms with E-state index in [0.29, 0.717) is 31.8 Å². The van der Waals surface area contributed by atoms with Gasteiger partial charge in [0.1, 0.15) is 0 Å². The van der Waals surface area contributed by atoms with E-state index in [-0.39, 0.29) is 30.3 Å². The SMILES string of the molecule is CC(C)C[C@H](N)C(=O)NC1CCN(C(=O)CCc2ccccc2)C1.Cl. The lowest BCUT2D eigenvalue weighted by molar-refractivity contribution is -0.130. The Balaban J connectivity index is 0.00000312. The van der Waals surface area contributed by atoms with Gasteiger partial charge in [0.2, 0.25) is 11.8 Å². The summed E-state index contributed by atoms with van der Waals surface area (Å²) in [5, 5.41) is 2.98. The second kappa shape index (κ2) is 10.4. The molecule has 0 saturated carbocycles. The molecule has 0 aliphatic carbocycles. The van der Waals surface area contributed by atoms with E-state index in [1.165, 1.54) is 5.56 Å². The van der Waals surface area contributed by atoms with Crippen LogP contribution in [0, 0.1) is 5.92 Å². The van der Waals surface area contributed by atoms with E-state index in [1.807, 2.05) is 35.2 Å². The van der Waals surface area contributed by atoms with Gasteiger partial charge >= 0.3 is 0 Å². The van der Waals surface area contributed by atoms with Crippen molar-refractivity contribution in [1.29, 1.82) is 0 Å². The van der Waals surface area contributed by atoms with Crippen molar-refractivity contribution < 1.29 is 9.59 Å². The molecule has 0 bridgehead atoms. The highest BCUT2D eigenvalue weighted by Crippen LogP contribution is 2.13. The Labute approximate surface area is 156 Å². The fourth-order valence-electron chi connectivity index (χ4n) is 3.08. The number of aryl methyl sites for hydroxylation is 1. The Hall–Kier alpha value is -1.59. The van der Waals surface area contributed by atoms with Crippen LogP contribution in [0.4, 0.5) is 0 Å². The Kier molecular flexibility index (Phi) is 8.93. The van der Waals surface area contributed by atoms with Crippen molar-refractivity contribution in [3.05, 3.63) is 35.9 Å². The van der Waals surface area contributed by atoms with Gasteiger partial charge in [-0.25, -0.2) is 0 Å². The quantitative estimate of drug-likeness (QED) is 0.775. The molecule has 1 aliphatic rings. The third kappa shape index (κ3) is 7.04. The van der Waals surface area contributed by atoms with Gasteiger partial charge in [-0.1, -0.05) is 44.2 Å². The molecule has 1 aromatic carbocycles. The summed E-state index contributed by atoms with van der Waals surface area (Å²) >= 11 is 0. The molecule has 5 nitrogen and oxygen atoms in total. The molecule has 1 aromatic rings. The van der Waals surface area contributed by atoms with E-state index in [9.17, 15) is 9.59 Å². The van der Waals surface area contributed by atoms with E-state index in [1.54, 1.807) is 0 Å². The van der Waals surface area contributed by atoms with Crippen LogP contribution in [-0.2, 0) is 16.0 Å². The molecule has 25 heavy (non-hydrogen) atoms. The molecule has 2 rings (SSSR count). The maximum Gasteiger partial charge on any atom is 0.237 e. The number of rotatable bonds is 7. The van der Waals surface area contributed by atoms with Crippen molar-refractivity contribution in [2.75, 3.05) is 13.1 Å². The zero-order valence-corrected chi connectivity index (χ0v) is 15.9. The first kappa shape index (κ1) is 21.5. The standard InChI is InChI=1S/C19H29N3O2.ClH/c1-14(2)12-17(20)19(24)21-16-10-11-22(13-16)18(23)9-8-15-6-4-3-5-7-15;/h3-7,14,16-17H,8-13,20H2,1-2H3,(H,21,24);1H/t16?,17-;/m0./s1. The number of nitrogens with two attached hydrogens (primary N) is 1. The van der Waals surface area contributed by atoms with Crippen LogP contribution in [0.3, 0.4) is 0 Å². The van der Waals surface area contributed by atoms with Crippen molar-refractivity contribution in [3.63, 3.8) is 0 Å². The molecule has 0 aromatic heterocycles. The van der Waals surface area contributed by atoms with Gasteiger partial charge in [-0.05, 0) is 30.7 Å². The van der Waals surface area contributed by atoms with Crippen LogP contribution in [0.2, 0.25) is 0 Å². The number of carbonyl (C=O) groups is 2. The highest BCUT2D eigenvalue weighted by atomic mass is 35.5. The van der Waals surface area contributed by atoms with Gasteiger partial charge in [0.25, 0.3) is 0 Å². The van der Waals surface area contributed by atoms with Gasteiger partial charge in [-0.15, -0.1) is 12.4 Å². The molecule has 2 atom stereocenters. The van der Waals surface area contributed by atoms with Crippen LogP contribution >= 0.6 is 12.4 Å². The highest BCUT2D eigenvalue weighted by molar-refractivity contribution is 5.85. The van der Waals surface area contributed by atoms with Gasteiger partial charge in [0.15, 0.2) is 0 Å². The van der Waals surface area contributed by atoms with E-state index in [2.05, 4.69) is 19.2 Å². The monoisotopic (exact) mass is 367 g/mol. The summed E-state index contributed by atoms with van der Waals surface area (Å²) in [5.74, 6) is 0.444. The molecule has 0 spiro atoms. The van der Waals surface area contributed by atoms with Gasteiger partial charge in [0, 0.05) is 25.6 Å². The molecule has 1 unspecified atom stereocenters.